The van der Waals surface area contributed by atoms with Crippen molar-refractivity contribution in [3.8, 4) is 0 Å². The van der Waals surface area contributed by atoms with Crippen molar-refractivity contribution in [3.63, 3.8) is 0 Å². The molecule has 0 amide bonds. The van der Waals surface area contributed by atoms with Gasteiger partial charge in [0.2, 0.25) is 0 Å². The fraction of sp³-hybridized carbons (Fsp3) is 0.889. The fourth-order valence-corrected chi connectivity index (χ4v) is 1.30. The maximum atomic E-state index is 10.5. The van der Waals surface area contributed by atoms with Crippen LogP contribution >= 0.6 is 0 Å². The molecule has 1 fully saturated rings. The van der Waals surface area contributed by atoms with Crippen molar-refractivity contribution in [2.45, 2.75) is 26.2 Å². The molecule has 0 N–H and O–H groups in total. The molecule has 0 aromatic heterocycles. The molecule has 11 heavy (non-hydrogen) atoms. The minimum absolute atomic E-state index is 0.279. The second-order valence-electron chi connectivity index (χ2n) is 3.12. The Kier molecular flexibility index (Phi) is 3.57. The topological polar surface area (TPSA) is 26.3 Å². The van der Waals surface area contributed by atoms with Crippen LogP contribution in [0.15, 0.2) is 0 Å². The quantitative estimate of drug-likeness (QED) is 0.431. The maximum absolute atomic E-state index is 10.5. The standard InChI is InChI=1S/C9H16O2/c1-2-11-6-5-9(7-10)8-3-4-8/h7-9H,2-6H2,1H3. The van der Waals surface area contributed by atoms with Crippen molar-refractivity contribution >= 4 is 6.29 Å². The summed E-state index contributed by atoms with van der Waals surface area (Å²) in [5, 5.41) is 0. The Morgan fingerprint density at radius 1 is 1.64 bits per heavy atom. The molecule has 0 saturated heterocycles. The maximum Gasteiger partial charge on any atom is 0.123 e. The lowest BCUT2D eigenvalue weighted by molar-refractivity contribution is -0.112. The average Bonchev–Trinajstić information content (AvgIpc) is 2.81. The molecule has 0 spiro atoms. The lowest BCUT2D eigenvalue weighted by Gasteiger charge is -2.07. The van der Waals surface area contributed by atoms with Crippen molar-refractivity contribution in [3.05, 3.63) is 0 Å². The summed E-state index contributed by atoms with van der Waals surface area (Å²) in [5.41, 5.74) is 0. The van der Waals surface area contributed by atoms with Gasteiger partial charge in [0, 0.05) is 19.1 Å². The largest absolute Gasteiger partial charge is 0.382 e. The number of hydrogen-bond acceptors (Lipinski definition) is 2. The van der Waals surface area contributed by atoms with Gasteiger partial charge in [-0.1, -0.05) is 0 Å². The van der Waals surface area contributed by atoms with E-state index >= 15 is 0 Å². The van der Waals surface area contributed by atoms with Crippen LogP contribution in [0.1, 0.15) is 26.2 Å². The number of ether oxygens (including phenoxy) is 1. The number of hydrogen-bond donors (Lipinski definition) is 0. The van der Waals surface area contributed by atoms with E-state index < -0.39 is 0 Å². The Bertz CT molecular complexity index is 119. The highest BCUT2D eigenvalue weighted by Crippen LogP contribution is 2.37. The molecule has 0 radical (unpaired) electrons. The van der Waals surface area contributed by atoms with Crippen LogP contribution in [0.2, 0.25) is 0 Å². The molecule has 1 saturated carbocycles. The number of aldehydes is 1. The highest BCUT2D eigenvalue weighted by atomic mass is 16.5. The molecule has 1 aliphatic rings. The zero-order valence-corrected chi connectivity index (χ0v) is 7.08. The van der Waals surface area contributed by atoms with Crippen LogP contribution in [-0.2, 0) is 9.53 Å². The van der Waals surface area contributed by atoms with Crippen LogP contribution in [0.3, 0.4) is 0 Å². The van der Waals surface area contributed by atoms with Gasteiger partial charge in [0.15, 0.2) is 0 Å². The van der Waals surface area contributed by atoms with E-state index in [0.717, 1.165) is 25.9 Å². The molecule has 1 atom stereocenters. The Morgan fingerprint density at radius 2 is 2.36 bits per heavy atom. The van der Waals surface area contributed by atoms with E-state index in [4.69, 9.17) is 4.74 Å². The van der Waals surface area contributed by atoms with Gasteiger partial charge in [-0.3, -0.25) is 0 Å². The normalized spacial score (nSPS) is 19.7. The Morgan fingerprint density at radius 3 is 2.82 bits per heavy atom. The lowest BCUT2D eigenvalue weighted by Crippen LogP contribution is -2.08. The molecular weight excluding hydrogens is 140 g/mol. The summed E-state index contributed by atoms with van der Waals surface area (Å²) < 4.78 is 5.18. The molecule has 64 valence electrons. The van der Waals surface area contributed by atoms with Gasteiger partial charge in [0.1, 0.15) is 6.29 Å². The SMILES string of the molecule is CCOCCC(C=O)C1CC1. The Balaban J connectivity index is 2.05. The minimum Gasteiger partial charge on any atom is -0.382 e. The van der Waals surface area contributed by atoms with Gasteiger partial charge in [-0.05, 0) is 32.1 Å². The first-order valence-corrected chi connectivity index (χ1v) is 4.41. The summed E-state index contributed by atoms with van der Waals surface area (Å²) >= 11 is 0. The van der Waals surface area contributed by atoms with Gasteiger partial charge in [-0.2, -0.15) is 0 Å². The molecule has 0 aliphatic heterocycles. The molecule has 0 bridgehead atoms. The van der Waals surface area contributed by atoms with Crippen LogP contribution in [-0.4, -0.2) is 19.5 Å². The second-order valence-corrected chi connectivity index (χ2v) is 3.12. The highest BCUT2D eigenvalue weighted by Gasteiger charge is 2.30. The molecule has 1 rings (SSSR count). The van der Waals surface area contributed by atoms with E-state index in [0.29, 0.717) is 5.92 Å². The van der Waals surface area contributed by atoms with Crippen LogP contribution in [0.25, 0.3) is 0 Å². The number of carbonyl (C=O) groups is 1. The predicted octanol–water partition coefficient (Wildman–Crippen LogP) is 1.64. The second kappa shape index (κ2) is 4.50. The van der Waals surface area contributed by atoms with Crippen molar-refractivity contribution in [1.29, 1.82) is 0 Å². The van der Waals surface area contributed by atoms with Gasteiger partial charge in [-0.15, -0.1) is 0 Å². The molecule has 2 nitrogen and oxygen atoms in total. The number of carbonyl (C=O) groups excluding carboxylic acids is 1. The van der Waals surface area contributed by atoms with Gasteiger partial charge in [-0.25, -0.2) is 0 Å². The monoisotopic (exact) mass is 156 g/mol. The summed E-state index contributed by atoms with van der Waals surface area (Å²) in [7, 11) is 0. The van der Waals surface area contributed by atoms with E-state index in [2.05, 4.69) is 0 Å². The molecule has 0 aromatic rings. The van der Waals surface area contributed by atoms with E-state index in [-0.39, 0.29) is 5.92 Å². The molecule has 1 aliphatic carbocycles. The first kappa shape index (κ1) is 8.72. The Labute approximate surface area is 67.9 Å². The summed E-state index contributed by atoms with van der Waals surface area (Å²) in [6.45, 7) is 3.49. The molecule has 0 heterocycles. The zero-order chi connectivity index (χ0) is 8.10. The van der Waals surface area contributed by atoms with E-state index in [1.807, 2.05) is 6.92 Å². The van der Waals surface area contributed by atoms with Crippen molar-refractivity contribution < 1.29 is 9.53 Å². The van der Waals surface area contributed by atoms with Crippen LogP contribution in [0.4, 0.5) is 0 Å². The molecule has 2 heteroatoms. The van der Waals surface area contributed by atoms with Crippen molar-refractivity contribution in [1.82, 2.24) is 0 Å². The first-order valence-electron chi connectivity index (χ1n) is 4.41. The van der Waals surface area contributed by atoms with E-state index in [9.17, 15) is 4.79 Å². The smallest absolute Gasteiger partial charge is 0.123 e. The summed E-state index contributed by atoms with van der Waals surface area (Å²) in [4.78, 5) is 10.5. The summed E-state index contributed by atoms with van der Waals surface area (Å²) in [6.07, 6.45) is 4.50. The fourth-order valence-electron chi connectivity index (χ4n) is 1.30. The molecule has 1 unspecified atom stereocenters. The zero-order valence-electron chi connectivity index (χ0n) is 7.08. The van der Waals surface area contributed by atoms with Gasteiger partial charge >= 0.3 is 0 Å². The van der Waals surface area contributed by atoms with Crippen LogP contribution in [0, 0.1) is 11.8 Å². The number of rotatable bonds is 6. The van der Waals surface area contributed by atoms with Crippen LogP contribution < -0.4 is 0 Å². The predicted molar refractivity (Wildman–Crippen MR) is 43.4 cm³/mol. The first-order chi connectivity index (χ1) is 5.38. The Hall–Kier alpha value is -0.370. The third-order valence-corrected chi connectivity index (χ3v) is 2.20. The third kappa shape index (κ3) is 3.02. The summed E-state index contributed by atoms with van der Waals surface area (Å²) in [5.74, 6) is 0.967. The van der Waals surface area contributed by atoms with Gasteiger partial charge < -0.3 is 9.53 Å². The highest BCUT2D eigenvalue weighted by molar-refractivity contribution is 5.54. The lowest BCUT2D eigenvalue weighted by atomic mass is 10.0. The van der Waals surface area contributed by atoms with Crippen molar-refractivity contribution in [2.75, 3.05) is 13.2 Å². The summed E-state index contributed by atoms with van der Waals surface area (Å²) in [6, 6.07) is 0. The van der Waals surface area contributed by atoms with Gasteiger partial charge in [0.25, 0.3) is 0 Å². The van der Waals surface area contributed by atoms with Gasteiger partial charge in [0.05, 0.1) is 0 Å². The van der Waals surface area contributed by atoms with E-state index in [1.165, 1.54) is 12.8 Å². The molecular formula is C9H16O2. The van der Waals surface area contributed by atoms with E-state index in [1.54, 1.807) is 0 Å². The average molecular weight is 156 g/mol. The molecule has 0 aromatic carbocycles. The van der Waals surface area contributed by atoms with Crippen molar-refractivity contribution in [2.24, 2.45) is 11.8 Å². The minimum atomic E-state index is 0.279. The third-order valence-electron chi connectivity index (χ3n) is 2.20. The van der Waals surface area contributed by atoms with Crippen LogP contribution in [0.5, 0.6) is 0 Å².